The second-order valence-corrected chi connectivity index (χ2v) is 5.30. The average Bonchev–Trinajstić information content (AvgIpc) is 2.65. The number of nitrogens with one attached hydrogen (secondary N) is 1. The van der Waals surface area contributed by atoms with E-state index in [0.29, 0.717) is 13.0 Å². The van der Waals surface area contributed by atoms with Gasteiger partial charge in [0.05, 0.1) is 0 Å². The molecule has 2 rings (SSSR count). The van der Waals surface area contributed by atoms with Crippen molar-refractivity contribution in [1.29, 1.82) is 0 Å². The summed E-state index contributed by atoms with van der Waals surface area (Å²) in [5.41, 5.74) is 2.35. The van der Waals surface area contributed by atoms with E-state index in [0.717, 1.165) is 0 Å². The van der Waals surface area contributed by atoms with Crippen LogP contribution in [0, 0.1) is 0 Å². The zero-order valence-electron chi connectivity index (χ0n) is 11.3. The monoisotopic (exact) mass is 316 g/mol. The molecule has 9 heteroatoms. The number of fused-ring (bicyclic) bond motifs is 1. The number of carbonyl (C=O) groups is 1. The first kappa shape index (κ1) is 17.2. The zero-order chi connectivity index (χ0) is 16.0. The molecule has 0 aliphatic carbocycles. The lowest BCUT2D eigenvalue weighted by molar-refractivity contribution is 0.194. The fraction of sp³-hybridized carbons (Fsp3) is 0.250. The van der Waals surface area contributed by atoms with Crippen molar-refractivity contribution in [2.24, 2.45) is 7.05 Å². The van der Waals surface area contributed by atoms with Crippen LogP contribution < -0.4 is 5.32 Å². The van der Waals surface area contributed by atoms with Crippen LogP contribution in [0.1, 0.15) is 5.56 Å². The maximum atomic E-state index is 10.3. The third-order valence-corrected chi connectivity index (χ3v) is 2.65. The van der Waals surface area contributed by atoms with Crippen LogP contribution in [0.5, 0.6) is 0 Å². The minimum absolute atomic E-state index is 0.448. The molecule has 1 amide bonds. The molecule has 5 N–H and O–H groups in total. The maximum Gasteiger partial charge on any atom is 0.466 e. The molecule has 1 aromatic heterocycles. The molecular weight excluding hydrogens is 299 g/mol. The summed E-state index contributed by atoms with van der Waals surface area (Å²) in [6.45, 7) is 0.448. The van der Waals surface area contributed by atoms with Gasteiger partial charge in [-0.25, -0.2) is 9.36 Å². The molecule has 0 saturated carbocycles. The Hall–Kier alpha value is -1.86. The second-order valence-electron chi connectivity index (χ2n) is 4.28. The first-order chi connectivity index (χ1) is 9.68. The summed E-state index contributed by atoms with van der Waals surface area (Å²) in [6, 6.07) is 8.12. The Labute approximate surface area is 120 Å². The Morgan fingerprint density at radius 3 is 2.43 bits per heavy atom. The van der Waals surface area contributed by atoms with Gasteiger partial charge < -0.3 is 29.7 Å². The third-order valence-electron chi connectivity index (χ3n) is 2.65. The molecule has 1 aromatic carbocycles. The van der Waals surface area contributed by atoms with E-state index in [1.165, 1.54) is 16.5 Å². The number of hydrogen-bond donors (Lipinski definition) is 5. The number of benzene rings is 1. The lowest BCUT2D eigenvalue weighted by Gasteiger charge is -1.99. The van der Waals surface area contributed by atoms with Crippen molar-refractivity contribution in [3.05, 3.63) is 36.0 Å². The molecule has 1 heterocycles. The van der Waals surface area contributed by atoms with Gasteiger partial charge in [-0.05, 0) is 18.1 Å². The molecule has 21 heavy (non-hydrogen) atoms. The van der Waals surface area contributed by atoms with Gasteiger partial charge in [0.1, 0.15) is 0 Å². The smallest absolute Gasteiger partial charge is 0.465 e. The Morgan fingerprint density at radius 2 is 1.86 bits per heavy atom. The van der Waals surface area contributed by atoms with E-state index >= 15 is 0 Å². The van der Waals surface area contributed by atoms with E-state index in [9.17, 15) is 4.79 Å². The van der Waals surface area contributed by atoms with Gasteiger partial charge in [-0.1, -0.05) is 18.2 Å². The fourth-order valence-electron chi connectivity index (χ4n) is 1.93. The summed E-state index contributed by atoms with van der Waals surface area (Å²) < 4.78 is 10.9. The van der Waals surface area contributed by atoms with E-state index in [2.05, 4.69) is 22.0 Å². The van der Waals surface area contributed by atoms with Gasteiger partial charge in [0.15, 0.2) is 0 Å². The quantitative estimate of drug-likeness (QED) is 0.538. The molecule has 0 saturated heterocycles. The molecule has 0 aliphatic heterocycles. The number of amides is 1. The summed E-state index contributed by atoms with van der Waals surface area (Å²) in [5, 5.41) is 12.1. The largest absolute Gasteiger partial charge is 0.466 e. The van der Waals surface area contributed by atoms with E-state index < -0.39 is 13.9 Å². The highest BCUT2D eigenvalue weighted by atomic mass is 31.2. The Kier molecular flexibility index (Phi) is 5.92. The van der Waals surface area contributed by atoms with Crippen molar-refractivity contribution < 1.29 is 29.1 Å². The molecular formula is C12H17N2O6P. The van der Waals surface area contributed by atoms with Crippen LogP contribution >= 0.6 is 7.82 Å². The van der Waals surface area contributed by atoms with Gasteiger partial charge >= 0.3 is 13.9 Å². The first-order valence-corrected chi connectivity index (χ1v) is 7.53. The van der Waals surface area contributed by atoms with E-state index in [-0.39, 0.29) is 0 Å². The van der Waals surface area contributed by atoms with Gasteiger partial charge in [0, 0.05) is 30.7 Å². The predicted octanol–water partition coefficient (Wildman–Crippen LogP) is 1.06. The van der Waals surface area contributed by atoms with E-state index in [1.807, 2.05) is 25.4 Å². The van der Waals surface area contributed by atoms with Crippen LogP contribution in [-0.2, 0) is 18.0 Å². The normalized spacial score (nSPS) is 10.9. The lowest BCUT2D eigenvalue weighted by Crippen LogP contribution is -2.23. The van der Waals surface area contributed by atoms with E-state index in [1.54, 1.807) is 0 Å². The standard InChI is InChI=1S/C12H14N2O2.H3O4P/c1-14-8-9(6-7-13-12(15)16)10-4-2-3-5-11(10)14;1-5(2,3)4/h2-5,8,13H,6-7H2,1H3,(H,15,16);(H3,1,2,3,4). The van der Waals surface area contributed by atoms with Crippen LogP contribution in [0.4, 0.5) is 4.79 Å². The van der Waals surface area contributed by atoms with Crippen LogP contribution in [0.25, 0.3) is 10.9 Å². The fourth-order valence-corrected chi connectivity index (χ4v) is 1.93. The number of rotatable bonds is 3. The molecule has 0 aliphatic rings. The molecule has 0 fully saturated rings. The van der Waals surface area contributed by atoms with Crippen molar-refractivity contribution in [3.8, 4) is 0 Å². The first-order valence-electron chi connectivity index (χ1n) is 5.96. The van der Waals surface area contributed by atoms with Gasteiger partial charge in [0.2, 0.25) is 0 Å². The van der Waals surface area contributed by atoms with Gasteiger partial charge in [0.25, 0.3) is 0 Å². The van der Waals surface area contributed by atoms with Crippen molar-refractivity contribution in [2.75, 3.05) is 6.54 Å². The molecule has 0 atom stereocenters. The zero-order valence-corrected chi connectivity index (χ0v) is 12.2. The highest BCUT2D eigenvalue weighted by Gasteiger charge is 2.05. The molecule has 0 radical (unpaired) electrons. The Morgan fingerprint density at radius 1 is 1.29 bits per heavy atom. The number of nitrogens with zero attached hydrogens (tertiary/aromatic N) is 1. The van der Waals surface area contributed by atoms with Gasteiger partial charge in [-0.15, -0.1) is 0 Å². The minimum atomic E-state index is -4.64. The summed E-state index contributed by atoms with van der Waals surface area (Å²) >= 11 is 0. The van der Waals surface area contributed by atoms with Crippen molar-refractivity contribution in [3.63, 3.8) is 0 Å². The highest BCUT2D eigenvalue weighted by molar-refractivity contribution is 7.45. The molecule has 2 aromatic rings. The molecule has 116 valence electrons. The van der Waals surface area contributed by atoms with Crippen LogP contribution in [0.3, 0.4) is 0 Å². The number of aryl methyl sites for hydroxylation is 1. The van der Waals surface area contributed by atoms with Crippen LogP contribution in [0.2, 0.25) is 0 Å². The molecule has 0 bridgehead atoms. The maximum absolute atomic E-state index is 10.3. The van der Waals surface area contributed by atoms with E-state index in [4.69, 9.17) is 24.4 Å². The molecule has 8 nitrogen and oxygen atoms in total. The van der Waals surface area contributed by atoms with Crippen LogP contribution in [0.15, 0.2) is 30.5 Å². The summed E-state index contributed by atoms with van der Waals surface area (Å²) in [5.74, 6) is 0. The average molecular weight is 316 g/mol. The third kappa shape index (κ3) is 6.42. The van der Waals surface area contributed by atoms with Crippen molar-refractivity contribution in [2.45, 2.75) is 6.42 Å². The van der Waals surface area contributed by atoms with Crippen molar-refractivity contribution >= 4 is 24.8 Å². The number of hydrogen-bond acceptors (Lipinski definition) is 2. The number of aromatic nitrogens is 1. The topological polar surface area (TPSA) is 132 Å². The van der Waals surface area contributed by atoms with Gasteiger partial charge in [-0.2, -0.15) is 0 Å². The number of para-hydroxylation sites is 1. The summed E-state index contributed by atoms with van der Waals surface area (Å²) in [7, 11) is -2.64. The molecule has 0 unspecified atom stereocenters. The summed E-state index contributed by atoms with van der Waals surface area (Å²) in [4.78, 5) is 31.9. The predicted molar refractivity (Wildman–Crippen MR) is 76.9 cm³/mol. The number of phosphoric acid groups is 1. The SMILES string of the molecule is Cn1cc(CCNC(=O)O)c2ccccc21.O=P(O)(O)O. The highest BCUT2D eigenvalue weighted by Crippen LogP contribution is 2.25. The van der Waals surface area contributed by atoms with Crippen LogP contribution in [-0.4, -0.2) is 37.0 Å². The second kappa shape index (κ2) is 7.24. The number of carboxylic acid groups (broad SMARTS) is 1. The van der Waals surface area contributed by atoms with Gasteiger partial charge in [-0.3, -0.25) is 0 Å². The molecule has 0 spiro atoms. The minimum Gasteiger partial charge on any atom is -0.465 e. The Bertz CT molecular complexity index is 655. The van der Waals surface area contributed by atoms with Crippen molar-refractivity contribution in [1.82, 2.24) is 9.88 Å². The lowest BCUT2D eigenvalue weighted by atomic mass is 10.1. The summed E-state index contributed by atoms with van der Waals surface area (Å²) in [6.07, 6.45) is 1.79. The Balaban J connectivity index is 0.000000383.